The fourth-order valence-corrected chi connectivity index (χ4v) is 5.06. The molecule has 5 rings (SSSR count). The zero-order valence-corrected chi connectivity index (χ0v) is 18.2. The normalized spacial score (nSPS) is 27.5. The van der Waals surface area contributed by atoms with Crippen LogP contribution in [-0.4, -0.2) is 60.5 Å². The number of hydroxylamine groups is 1. The van der Waals surface area contributed by atoms with Crippen LogP contribution in [0.5, 0.6) is 0 Å². The van der Waals surface area contributed by atoms with Gasteiger partial charge in [-0.2, -0.15) is 0 Å². The molecule has 0 saturated carbocycles. The summed E-state index contributed by atoms with van der Waals surface area (Å²) in [5.74, 6) is 0.303. The molecule has 2 N–H and O–H groups in total. The number of hydrogen-bond donors (Lipinski definition) is 2. The van der Waals surface area contributed by atoms with Gasteiger partial charge in [-0.05, 0) is 24.0 Å². The van der Waals surface area contributed by atoms with Gasteiger partial charge in [0.15, 0.2) is 0 Å². The summed E-state index contributed by atoms with van der Waals surface area (Å²) in [6.07, 6.45) is 1.36. The monoisotopic (exact) mass is 431 g/mol. The van der Waals surface area contributed by atoms with Crippen LogP contribution < -0.4 is 11.1 Å². The Labute approximate surface area is 189 Å². The minimum absolute atomic E-state index is 0.0396. The van der Waals surface area contributed by atoms with Gasteiger partial charge >= 0.3 is 0 Å². The number of carbonyl (C=O) groups excluding carboxylic acids is 1. The molecule has 1 amide bonds. The van der Waals surface area contributed by atoms with Crippen LogP contribution in [0.4, 0.5) is 0 Å². The maximum Gasteiger partial charge on any atom is 0.234 e. The first-order valence-electron chi connectivity index (χ1n) is 11.0. The number of amidine groups is 1. The summed E-state index contributed by atoms with van der Waals surface area (Å²) in [6.45, 7) is 4.13. The molecule has 3 heterocycles. The average Bonchev–Trinajstić information content (AvgIpc) is 3.56. The summed E-state index contributed by atoms with van der Waals surface area (Å²) in [5.41, 5.74) is 4.96. The van der Waals surface area contributed by atoms with Crippen molar-refractivity contribution in [3.63, 3.8) is 0 Å². The van der Waals surface area contributed by atoms with Crippen molar-refractivity contribution in [1.29, 1.82) is 0 Å². The Hall–Kier alpha value is -2.58. The van der Waals surface area contributed by atoms with E-state index >= 15 is 0 Å². The van der Waals surface area contributed by atoms with Crippen LogP contribution in [0.15, 0.2) is 39.8 Å². The fraction of sp³-hybridized carbons (Fsp3) is 0.500. The molecular weight excluding hydrogens is 406 g/mol. The molecule has 1 spiro atoms. The standard InChI is InChI=1S/C22H25B2N4O4/c1-12(2)19(17-10-18(24-23)26-31-17)21(30)28-11-14(29)9-16(28)20-25-22(32-27-20)8-7-13-5-3-4-6-15(13)22/h3-6,10,12,14,16,19,29H,7-9,11H2,1-2H3,(H,25,27)/t14-,16+,19?,22?/m1/s1. The van der Waals surface area contributed by atoms with Crippen molar-refractivity contribution in [2.75, 3.05) is 6.54 Å². The summed E-state index contributed by atoms with van der Waals surface area (Å²) in [5, 5.41) is 14.3. The zero-order valence-electron chi connectivity index (χ0n) is 18.2. The van der Waals surface area contributed by atoms with E-state index in [9.17, 15) is 9.90 Å². The Bertz CT molecular complexity index is 1060. The van der Waals surface area contributed by atoms with Gasteiger partial charge in [-0.25, -0.2) is 15.3 Å². The van der Waals surface area contributed by atoms with Gasteiger partial charge in [0.05, 0.1) is 12.1 Å². The summed E-state index contributed by atoms with van der Waals surface area (Å²) in [4.78, 5) is 26.3. The number of fused-ring (bicyclic) bond motifs is 2. The second-order valence-electron chi connectivity index (χ2n) is 9.08. The van der Waals surface area contributed by atoms with Crippen LogP contribution >= 0.6 is 0 Å². The molecular formula is C22H25B2N4O4. The number of hydrogen-bond acceptors (Lipinski definition) is 7. The number of amides is 1. The summed E-state index contributed by atoms with van der Waals surface area (Å²) in [7, 11) is 6.88. The highest BCUT2D eigenvalue weighted by Gasteiger charge is 2.49. The molecule has 10 heteroatoms. The molecule has 2 aromatic rings. The topological polar surface area (TPSA) is 100 Å². The Morgan fingerprint density at radius 2 is 2.22 bits per heavy atom. The number of benzene rings is 1. The van der Waals surface area contributed by atoms with Crippen molar-refractivity contribution in [1.82, 2.24) is 15.5 Å². The largest absolute Gasteiger partial charge is 0.391 e. The molecule has 163 valence electrons. The van der Waals surface area contributed by atoms with E-state index in [2.05, 4.69) is 16.7 Å². The molecule has 1 fully saturated rings. The van der Waals surface area contributed by atoms with Gasteiger partial charge < -0.3 is 14.5 Å². The van der Waals surface area contributed by atoms with E-state index in [0.29, 0.717) is 23.6 Å². The number of aliphatic hydroxyl groups is 1. The smallest absolute Gasteiger partial charge is 0.234 e. The minimum atomic E-state index is -0.775. The first kappa shape index (κ1) is 21.3. The Morgan fingerprint density at radius 1 is 1.41 bits per heavy atom. The Kier molecular flexibility index (Phi) is 5.37. The molecule has 1 aromatic carbocycles. The maximum absolute atomic E-state index is 13.7. The van der Waals surface area contributed by atoms with Crippen LogP contribution in [-0.2, 0) is 21.8 Å². The van der Waals surface area contributed by atoms with Gasteiger partial charge in [0.2, 0.25) is 11.6 Å². The molecule has 1 aromatic heterocycles. The van der Waals surface area contributed by atoms with E-state index in [1.807, 2.05) is 32.0 Å². The molecule has 3 aliphatic rings. The Morgan fingerprint density at radius 3 is 2.97 bits per heavy atom. The van der Waals surface area contributed by atoms with E-state index in [0.717, 1.165) is 18.4 Å². The third kappa shape index (κ3) is 3.46. The van der Waals surface area contributed by atoms with Gasteiger partial charge in [-0.1, -0.05) is 43.3 Å². The third-order valence-electron chi connectivity index (χ3n) is 6.63. The molecule has 4 atom stereocenters. The van der Waals surface area contributed by atoms with E-state index in [-0.39, 0.29) is 18.4 Å². The van der Waals surface area contributed by atoms with Crippen molar-refractivity contribution >= 4 is 32.2 Å². The number of nitrogens with zero attached hydrogens (tertiary/aromatic N) is 3. The number of rotatable bonds is 5. The van der Waals surface area contributed by atoms with Crippen molar-refractivity contribution in [3.05, 3.63) is 47.2 Å². The number of aliphatic hydroxyl groups excluding tert-OH is 1. The number of nitrogens with one attached hydrogen (secondary N) is 1. The highest BCUT2D eigenvalue weighted by Crippen LogP contribution is 2.43. The van der Waals surface area contributed by atoms with Gasteiger partial charge in [-0.3, -0.25) is 4.79 Å². The van der Waals surface area contributed by atoms with Crippen LogP contribution in [0, 0.1) is 5.92 Å². The molecule has 1 saturated heterocycles. The SMILES string of the molecule is [B][B]c1cc(C(C(=O)N2C[C@H](O)C[C@H]2C2=NC3(CCc4ccccc43)ON2)C(C)C)on1. The van der Waals surface area contributed by atoms with Gasteiger partial charge in [0, 0.05) is 38.3 Å². The van der Waals surface area contributed by atoms with E-state index in [4.69, 9.17) is 22.1 Å². The predicted molar refractivity (Wildman–Crippen MR) is 119 cm³/mol. The second kappa shape index (κ2) is 8.08. The lowest BCUT2D eigenvalue weighted by Crippen LogP contribution is -2.46. The lowest BCUT2D eigenvalue weighted by Gasteiger charge is -2.29. The third-order valence-corrected chi connectivity index (χ3v) is 6.63. The molecule has 2 aliphatic heterocycles. The number of β-amino-alcohol motifs (C(OH)–C–C–N with tert-alkyl or cyclic N) is 1. The summed E-state index contributed by atoms with van der Waals surface area (Å²) in [6, 6.07) is 9.40. The lowest BCUT2D eigenvalue weighted by atomic mass is 9.53. The van der Waals surface area contributed by atoms with Crippen molar-refractivity contribution < 1.29 is 19.3 Å². The highest BCUT2D eigenvalue weighted by atomic mass is 16.7. The van der Waals surface area contributed by atoms with Crippen molar-refractivity contribution in [2.24, 2.45) is 10.9 Å². The quantitative estimate of drug-likeness (QED) is 0.671. The zero-order chi connectivity index (χ0) is 22.5. The van der Waals surface area contributed by atoms with Crippen molar-refractivity contribution in [3.8, 4) is 0 Å². The number of likely N-dealkylation sites (tertiary alicyclic amines) is 1. The van der Waals surface area contributed by atoms with Crippen molar-refractivity contribution in [2.45, 2.75) is 56.9 Å². The summed E-state index contributed by atoms with van der Waals surface area (Å²) < 4.78 is 5.42. The Balaban J connectivity index is 1.44. The van der Waals surface area contributed by atoms with Crippen LogP contribution in [0.25, 0.3) is 0 Å². The lowest BCUT2D eigenvalue weighted by molar-refractivity contribution is -0.134. The molecule has 0 bridgehead atoms. The van der Waals surface area contributed by atoms with Gasteiger partial charge in [0.1, 0.15) is 24.7 Å². The minimum Gasteiger partial charge on any atom is -0.391 e. The second-order valence-corrected chi connectivity index (χ2v) is 9.08. The molecule has 2 unspecified atom stereocenters. The first-order valence-corrected chi connectivity index (χ1v) is 11.0. The number of aromatic nitrogens is 1. The fourth-order valence-electron chi connectivity index (χ4n) is 5.06. The van der Waals surface area contributed by atoms with E-state index in [1.54, 1.807) is 11.0 Å². The van der Waals surface area contributed by atoms with E-state index in [1.165, 1.54) is 12.7 Å². The van der Waals surface area contributed by atoms with Crippen LogP contribution in [0.3, 0.4) is 0 Å². The van der Waals surface area contributed by atoms with E-state index < -0.39 is 23.8 Å². The predicted octanol–water partition coefficient (Wildman–Crippen LogP) is 0.522. The van der Waals surface area contributed by atoms with Gasteiger partial charge in [-0.15, -0.1) is 0 Å². The van der Waals surface area contributed by atoms with Crippen LogP contribution in [0.1, 0.15) is 49.5 Å². The number of carbonyl (C=O) groups is 1. The summed E-state index contributed by atoms with van der Waals surface area (Å²) >= 11 is 0. The average molecular weight is 431 g/mol. The van der Waals surface area contributed by atoms with Crippen LogP contribution in [0.2, 0.25) is 0 Å². The van der Waals surface area contributed by atoms with Gasteiger partial charge in [0.25, 0.3) is 0 Å². The molecule has 32 heavy (non-hydrogen) atoms. The molecule has 8 nitrogen and oxygen atoms in total. The maximum atomic E-state index is 13.7. The number of aryl methyl sites for hydroxylation is 1. The first-order chi connectivity index (χ1) is 15.4. The number of aliphatic imine (C=N–C) groups is 1. The molecule has 1 aliphatic carbocycles. The molecule has 3 radical (unpaired) electrons. The highest BCUT2D eigenvalue weighted by molar-refractivity contribution is 6.97.